The molecule has 0 aliphatic heterocycles. The van der Waals surface area contributed by atoms with Crippen molar-refractivity contribution in [3.63, 3.8) is 0 Å². The van der Waals surface area contributed by atoms with Gasteiger partial charge in [0.2, 0.25) is 0 Å². The van der Waals surface area contributed by atoms with Crippen LogP contribution in [0.25, 0.3) is 22.4 Å². The highest BCUT2D eigenvalue weighted by Crippen LogP contribution is 2.25. The lowest BCUT2D eigenvalue weighted by Gasteiger charge is -2.11. The number of thioether (sulfide) groups is 1. The van der Waals surface area contributed by atoms with Crippen LogP contribution in [0.2, 0.25) is 0 Å². The molecule has 3 rings (SSSR count). The molecule has 0 spiro atoms. The number of rotatable bonds is 3. The summed E-state index contributed by atoms with van der Waals surface area (Å²) in [4.78, 5) is 33.4. The van der Waals surface area contributed by atoms with Crippen LogP contribution in [0.1, 0.15) is 6.92 Å². The molecule has 1 aromatic carbocycles. The summed E-state index contributed by atoms with van der Waals surface area (Å²) < 4.78 is 15.8. The predicted octanol–water partition coefficient (Wildman–Crippen LogP) is 1.95. The third kappa shape index (κ3) is 2.62. The fourth-order valence-corrected chi connectivity index (χ4v) is 3.17. The first-order chi connectivity index (χ1) is 11.4. The van der Waals surface area contributed by atoms with Crippen molar-refractivity contribution in [2.75, 3.05) is 5.75 Å². The Morgan fingerprint density at radius 1 is 1.17 bits per heavy atom. The van der Waals surface area contributed by atoms with E-state index in [9.17, 15) is 14.0 Å². The second-order valence-corrected chi connectivity index (χ2v) is 6.45. The Labute approximate surface area is 141 Å². The molecule has 3 aromatic rings. The first-order valence-electron chi connectivity index (χ1n) is 7.30. The van der Waals surface area contributed by atoms with Crippen molar-refractivity contribution in [1.82, 2.24) is 19.1 Å². The van der Waals surface area contributed by atoms with E-state index in [2.05, 4.69) is 9.97 Å². The minimum atomic E-state index is -0.469. The Hall–Kier alpha value is -2.48. The van der Waals surface area contributed by atoms with E-state index in [1.165, 1.54) is 35.5 Å². The molecule has 2 heterocycles. The molecule has 0 saturated carbocycles. The molecule has 24 heavy (non-hydrogen) atoms. The molecule has 0 fully saturated rings. The van der Waals surface area contributed by atoms with Gasteiger partial charge in [-0.15, -0.1) is 11.8 Å². The zero-order valence-electron chi connectivity index (χ0n) is 13.4. The first-order valence-corrected chi connectivity index (χ1v) is 8.29. The third-order valence-corrected chi connectivity index (χ3v) is 4.49. The summed E-state index contributed by atoms with van der Waals surface area (Å²) in [6.07, 6.45) is 0. The standard InChI is InChI=1S/C16H15FN4O2S/c1-4-24-14-11-13(20(2)16(23)21(3)15(11)22)18-12(19-14)9-6-5-7-10(17)8-9/h5-8H,4H2,1-3H3. The van der Waals surface area contributed by atoms with Gasteiger partial charge in [0.15, 0.2) is 11.5 Å². The summed E-state index contributed by atoms with van der Waals surface area (Å²) in [7, 11) is 2.97. The van der Waals surface area contributed by atoms with Crippen molar-refractivity contribution in [1.29, 1.82) is 0 Å². The van der Waals surface area contributed by atoms with Crippen molar-refractivity contribution in [3.8, 4) is 11.4 Å². The quantitative estimate of drug-likeness (QED) is 0.535. The van der Waals surface area contributed by atoms with Crippen LogP contribution in [-0.2, 0) is 14.1 Å². The Kier molecular flexibility index (Phi) is 4.23. The number of hydrogen-bond acceptors (Lipinski definition) is 5. The molecule has 2 aromatic heterocycles. The number of aryl methyl sites for hydroxylation is 1. The maximum absolute atomic E-state index is 13.5. The highest BCUT2D eigenvalue weighted by Gasteiger charge is 2.17. The van der Waals surface area contributed by atoms with Crippen LogP contribution >= 0.6 is 11.8 Å². The van der Waals surface area contributed by atoms with Gasteiger partial charge in [0, 0.05) is 19.7 Å². The fraction of sp³-hybridized carbons (Fsp3) is 0.250. The van der Waals surface area contributed by atoms with E-state index in [1.807, 2.05) is 6.92 Å². The highest BCUT2D eigenvalue weighted by molar-refractivity contribution is 7.99. The van der Waals surface area contributed by atoms with Gasteiger partial charge < -0.3 is 0 Å². The number of nitrogens with zero attached hydrogens (tertiary/aromatic N) is 4. The zero-order valence-corrected chi connectivity index (χ0v) is 14.2. The molecule has 0 amide bonds. The van der Waals surface area contributed by atoms with Crippen molar-refractivity contribution in [2.45, 2.75) is 11.9 Å². The summed E-state index contributed by atoms with van der Waals surface area (Å²) in [5.74, 6) is 0.570. The number of benzene rings is 1. The van der Waals surface area contributed by atoms with Gasteiger partial charge in [0.1, 0.15) is 16.2 Å². The molecule has 0 unspecified atom stereocenters. The van der Waals surface area contributed by atoms with Crippen LogP contribution in [0.15, 0.2) is 38.9 Å². The first kappa shape index (κ1) is 16.4. The molecule has 0 atom stereocenters. The average Bonchev–Trinajstić information content (AvgIpc) is 2.57. The van der Waals surface area contributed by atoms with Gasteiger partial charge in [-0.25, -0.2) is 19.2 Å². The second-order valence-electron chi connectivity index (χ2n) is 5.20. The summed E-state index contributed by atoms with van der Waals surface area (Å²) >= 11 is 1.38. The highest BCUT2D eigenvalue weighted by atomic mass is 32.2. The predicted molar refractivity (Wildman–Crippen MR) is 91.8 cm³/mol. The molecule has 0 aliphatic carbocycles. The number of aromatic nitrogens is 4. The maximum Gasteiger partial charge on any atom is 0.332 e. The number of halogens is 1. The fourth-order valence-electron chi connectivity index (χ4n) is 2.43. The van der Waals surface area contributed by atoms with Crippen LogP contribution < -0.4 is 11.2 Å². The summed E-state index contributed by atoms with van der Waals surface area (Å²) in [6, 6.07) is 5.90. The van der Waals surface area contributed by atoms with Crippen LogP contribution in [0.4, 0.5) is 4.39 Å². The molecule has 0 N–H and O–H groups in total. The average molecular weight is 346 g/mol. The smallest absolute Gasteiger partial charge is 0.280 e. The number of fused-ring (bicyclic) bond motifs is 1. The van der Waals surface area contributed by atoms with Gasteiger partial charge in [0.05, 0.1) is 0 Å². The van der Waals surface area contributed by atoms with Gasteiger partial charge in [-0.2, -0.15) is 0 Å². The van der Waals surface area contributed by atoms with E-state index in [-0.39, 0.29) is 11.5 Å². The molecule has 124 valence electrons. The Morgan fingerprint density at radius 2 is 1.92 bits per heavy atom. The lowest BCUT2D eigenvalue weighted by atomic mass is 10.2. The normalized spacial score (nSPS) is 11.2. The lowest BCUT2D eigenvalue weighted by Crippen LogP contribution is -2.37. The van der Waals surface area contributed by atoms with E-state index in [0.29, 0.717) is 21.7 Å². The topological polar surface area (TPSA) is 69.8 Å². The molecule has 0 bridgehead atoms. The maximum atomic E-state index is 13.5. The van der Waals surface area contributed by atoms with E-state index in [1.54, 1.807) is 19.2 Å². The van der Waals surface area contributed by atoms with Crippen LogP contribution in [0.5, 0.6) is 0 Å². The van der Waals surface area contributed by atoms with Gasteiger partial charge in [0.25, 0.3) is 5.56 Å². The molecule has 6 nitrogen and oxygen atoms in total. The summed E-state index contributed by atoms with van der Waals surface area (Å²) in [6.45, 7) is 1.94. The molecule has 0 radical (unpaired) electrons. The van der Waals surface area contributed by atoms with Crippen molar-refractivity contribution in [2.24, 2.45) is 14.1 Å². The minimum absolute atomic E-state index is 0.244. The Morgan fingerprint density at radius 3 is 2.58 bits per heavy atom. The molecule has 0 saturated heterocycles. The van der Waals surface area contributed by atoms with Gasteiger partial charge in [-0.05, 0) is 17.9 Å². The number of hydrogen-bond donors (Lipinski definition) is 0. The minimum Gasteiger partial charge on any atom is -0.280 e. The Balaban J connectivity index is 2.44. The van der Waals surface area contributed by atoms with E-state index >= 15 is 0 Å². The van der Waals surface area contributed by atoms with Crippen LogP contribution in [0.3, 0.4) is 0 Å². The van der Waals surface area contributed by atoms with Crippen LogP contribution in [-0.4, -0.2) is 24.9 Å². The van der Waals surface area contributed by atoms with Crippen molar-refractivity contribution >= 4 is 22.8 Å². The largest absolute Gasteiger partial charge is 0.332 e. The molecular weight excluding hydrogens is 331 g/mol. The second kappa shape index (κ2) is 6.20. The lowest BCUT2D eigenvalue weighted by molar-refractivity contribution is 0.628. The Bertz CT molecular complexity index is 1060. The van der Waals surface area contributed by atoms with Gasteiger partial charge in [-0.1, -0.05) is 19.1 Å². The van der Waals surface area contributed by atoms with E-state index < -0.39 is 17.1 Å². The van der Waals surface area contributed by atoms with Crippen molar-refractivity contribution in [3.05, 3.63) is 50.9 Å². The van der Waals surface area contributed by atoms with E-state index in [0.717, 1.165) is 4.57 Å². The molecular formula is C16H15FN4O2S. The summed E-state index contributed by atoms with van der Waals surface area (Å²) in [5, 5.41) is 0.782. The molecule has 8 heteroatoms. The monoisotopic (exact) mass is 346 g/mol. The van der Waals surface area contributed by atoms with Gasteiger partial charge >= 0.3 is 5.69 Å². The van der Waals surface area contributed by atoms with Crippen LogP contribution in [0, 0.1) is 5.82 Å². The van der Waals surface area contributed by atoms with Gasteiger partial charge in [-0.3, -0.25) is 13.9 Å². The summed E-state index contributed by atoms with van der Waals surface area (Å²) in [5.41, 5.74) is -0.171. The van der Waals surface area contributed by atoms with Crippen molar-refractivity contribution < 1.29 is 4.39 Å². The van der Waals surface area contributed by atoms with E-state index in [4.69, 9.17) is 0 Å². The zero-order chi connectivity index (χ0) is 17.4. The molecule has 0 aliphatic rings. The third-order valence-electron chi connectivity index (χ3n) is 3.63. The SMILES string of the molecule is CCSc1nc(-c2cccc(F)c2)nc2c1c(=O)n(C)c(=O)n2C.